The van der Waals surface area contributed by atoms with E-state index in [4.69, 9.17) is 4.74 Å². The fraction of sp³-hybridized carbons (Fsp3) is 0.227. The van der Waals surface area contributed by atoms with Crippen molar-refractivity contribution in [3.63, 3.8) is 0 Å². The summed E-state index contributed by atoms with van der Waals surface area (Å²) >= 11 is 0. The second-order valence-corrected chi connectivity index (χ2v) is 6.76. The first-order valence-corrected chi connectivity index (χ1v) is 9.03. The van der Waals surface area contributed by atoms with E-state index in [1.54, 1.807) is 0 Å². The third-order valence-corrected chi connectivity index (χ3v) is 4.96. The van der Waals surface area contributed by atoms with Gasteiger partial charge in [0.2, 0.25) is 0 Å². The van der Waals surface area contributed by atoms with E-state index in [-0.39, 0.29) is 18.3 Å². The van der Waals surface area contributed by atoms with Gasteiger partial charge in [0, 0.05) is 28.9 Å². The molecule has 1 aromatic heterocycles. The SMILES string of the molecule is C=CCc1ccccc1-c1cc2ccc(N3CO[C@@H](CO)C3)cc2c(=O)[nH]1. The topological polar surface area (TPSA) is 65.6 Å². The number of aromatic nitrogens is 1. The van der Waals surface area contributed by atoms with Crippen LogP contribution >= 0.6 is 0 Å². The summed E-state index contributed by atoms with van der Waals surface area (Å²) in [4.78, 5) is 17.8. The van der Waals surface area contributed by atoms with Gasteiger partial charge in [0.1, 0.15) is 12.8 Å². The molecule has 5 nitrogen and oxygen atoms in total. The summed E-state index contributed by atoms with van der Waals surface area (Å²) < 4.78 is 5.51. The van der Waals surface area contributed by atoms with E-state index in [1.165, 1.54) is 0 Å². The van der Waals surface area contributed by atoms with Gasteiger partial charge in [-0.15, -0.1) is 6.58 Å². The van der Waals surface area contributed by atoms with Gasteiger partial charge >= 0.3 is 0 Å². The molecule has 0 bridgehead atoms. The highest BCUT2D eigenvalue weighted by Gasteiger charge is 2.22. The lowest BCUT2D eigenvalue weighted by Crippen LogP contribution is -2.23. The maximum atomic E-state index is 12.8. The van der Waals surface area contributed by atoms with Crippen LogP contribution in [-0.4, -0.2) is 36.1 Å². The number of hydrogen-bond acceptors (Lipinski definition) is 4. The number of allylic oxidation sites excluding steroid dienone is 1. The zero-order valence-corrected chi connectivity index (χ0v) is 15.0. The predicted molar refractivity (Wildman–Crippen MR) is 108 cm³/mol. The summed E-state index contributed by atoms with van der Waals surface area (Å²) in [6, 6.07) is 15.9. The quantitative estimate of drug-likeness (QED) is 0.685. The highest BCUT2D eigenvalue weighted by molar-refractivity contribution is 5.88. The Kier molecular flexibility index (Phi) is 4.79. The summed E-state index contributed by atoms with van der Waals surface area (Å²) in [5.74, 6) is 0. The third-order valence-electron chi connectivity index (χ3n) is 4.96. The van der Waals surface area contributed by atoms with Crippen molar-refractivity contribution in [2.24, 2.45) is 0 Å². The van der Waals surface area contributed by atoms with Gasteiger partial charge in [0.25, 0.3) is 5.56 Å². The number of aliphatic hydroxyl groups excluding tert-OH is 1. The molecular formula is C22H22N2O3. The summed E-state index contributed by atoms with van der Waals surface area (Å²) in [6.45, 7) is 4.85. The minimum atomic E-state index is -0.178. The number of ether oxygens (including phenoxy) is 1. The molecule has 1 fully saturated rings. The fourth-order valence-corrected chi connectivity index (χ4v) is 3.54. The van der Waals surface area contributed by atoms with E-state index in [2.05, 4.69) is 11.6 Å². The van der Waals surface area contributed by atoms with Crippen LogP contribution in [0.15, 0.2) is 66.0 Å². The molecule has 5 heteroatoms. The van der Waals surface area contributed by atoms with Gasteiger partial charge in [-0.1, -0.05) is 36.4 Å². The van der Waals surface area contributed by atoms with E-state index in [0.717, 1.165) is 34.3 Å². The molecule has 4 rings (SSSR count). The van der Waals surface area contributed by atoms with E-state index >= 15 is 0 Å². The number of aromatic amines is 1. The number of fused-ring (bicyclic) bond motifs is 1. The van der Waals surface area contributed by atoms with Crippen LogP contribution < -0.4 is 10.5 Å². The number of anilines is 1. The molecule has 27 heavy (non-hydrogen) atoms. The first-order chi connectivity index (χ1) is 13.2. The number of pyridine rings is 1. The molecule has 3 aromatic rings. The van der Waals surface area contributed by atoms with Gasteiger partial charge in [-0.3, -0.25) is 4.79 Å². The highest BCUT2D eigenvalue weighted by Crippen LogP contribution is 2.27. The second-order valence-electron chi connectivity index (χ2n) is 6.76. The highest BCUT2D eigenvalue weighted by atomic mass is 16.5. The Labute approximate surface area is 157 Å². The van der Waals surface area contributed by atoms with E-state index in [9.17, 15) is 9.90 Å². The van der Waals surface area contributed by atoms with Gasteiger partial charge in [-0.05, 0) is 35.6 Å². The van der Waals surface area contributed by atoms with E-state index < -0.39 is 0 Å². The van der Waals surface area contributed by atoms with Crippen LogP contribution in [0, 0.1) is 0 Å². The van der Waals surface area contributed by atoms with Crippen molar-refractivity contribution in [2.45, 2.75) is 12.5 Å². The predicted octanol–water partition coefficient (Wildman–Crippen LogP) is 3.08. The van der Waals surface area contributed by atoms with Gasteiger partial charge in [0.15, 0.2) is 0 Å². The summed E-state index contributed by atoms with van der Waals surface area (Å²) in [7, 11) is 0. The molecule has 138 valence electrons. The van der Waals surface area contributed by atoms with Crippen LogP contribution in [0.4, 0.5) is 5.69 Å². The summed E-state index contributed by atoms with van der Waals surface area (Å²) in [5, 5.41) is 10.8. The van der Waals surface area contributed by atoms with Crippen LogP contribution in [0.25, 0.3) is 22.0 Å². The smallest absolute Gasteiger partial charge is 0.256 e. The molecule has 0 aliphatic carbocycles. The van der Waals surface area contributed by atoms with Crippen LogP contribution in [-0.2, 0) is 11.2 Å². The lowest BCUT2D eigenvalue weighted by Gasteiger charge is -2.17. The zero-order chi connectivity index (χ0) is 18.8. The fourth-order valence-electron chi connectivity index (χ4n) is 3.54. The molecule has 1 aliphatic rings. The molecule has 1 aliphatic heterocycles. The number of nitrogens with one attached hydrogen (secondary N) is 1. The van der Waals surface area contributed by atoms with Gasteiger partial charge in [-0.2, -0.15) is 0 Å². The van der Waals surface area contributed by atoms with Crippen LogP contribution in [0.2, 0.25) is 0 Å². The van der Waals surface area contributed by atoms with Crippen molar-refractivity contribution in [1.82, 2.24) is 4.98 Å². The molecule has 2 N–H and O–H groups in total. The van der Waals surface area contributed by atoms with Gasteiger partial charge in [-0.25, -0.2) is 0 Å². The normalized spacial score (nSPS) is 16.8. The zero-order valence-electron chi connectivity index (χ0n) is 15.0. The maximum Gasteiger partial charge on any atom is 0.256 e. The number of nitrogens with zero attached hydrogens (tertiary/aromatic N) is 1. The van der Waals surface area contributed by atoms with Crippen molar-refractivity contribution in [1.29, 1.82) is 0 Å². The molecular weight excluding hydrogens is 340 g/mol. The van der Waals surface area contributed by atoms with Gasteiger partial charge < -0.3 is 19.7 Å². The number of hydrogen-bond donors (Lipinski definition) is 2. The Balaban J connectivity index is 1.74. The molecule has 1 atom stereocenters. The summed E-state index contributed by atoms with van der Waals surface area (Å²) in [6.07, 6.45) is 2.43. The molecule has 0 radical (unpaired) electrons. The molecule has 2 heterocycles. The Morgan fingerprint density at radius 3 is 2.89 bits per heavy atom. The Morgan fingerprint density at radius 1 is 1.26 bits per heavy atom. The van der Waals surface area contributed by atoms with Crippen LogP contribution in [0.3, 0.4) is 0 Å². The lowest BCUT2D eigenvalue weighted by atomic mass is 10.00. The number of rotatable bonds is 5. The standard InChI is InChI=1S/C22H22N2O3/c1-2-5-15-6-3-4-7-19(15)21-10-16-8-9-17(11-20(16)22(26)23-21)24-12-18(13-25)27-14-24/h2-4,6-11,18,25H,1,5,12-14H2,(H,23,26)/t18-/m1/s1. The lowest BCUT2D eigenvalue weighted by molar-refractivity contribution is 0.0645. The average Bonchev–Trinajstić information content (AvgIpc) is 3.18. The first-order valence-electron chi connectivity index (χ1n) is 9.03. The Hall–Kier alpha value is -2.89. The molecule has 0 amide bonds. The molecule has 2 aromatic carbocycles. The first kappa shape index (κ1) is 17.5. The molecule has 0 unspecified atom stereocenters. The van der Waals surface area contributed by atoms with E-state index in [0.29, 0.717) is 18.7 Å². The van der Waals surface area contributed by atoms with Crippen LogP contribution in [0.1, 0.15) is 5.56 Å². The minimum Gasteiger partial charge on any atom is -0.394 e. The number of benzene rings is 2. The van der Waals surface area contributed by atoms with Crippen molar-refractivity contribution < 1.29 is 9.84 Å². The van der Waals surface area contributed by atoms with Crippen molar-refractivity contribution in [3.05, 3.63) is 77.1 Å². The second kappa shape index (κ2) is 7.39. The van der Waals surface area contributed by atoms with Crippen molar-refractivity contribution in [2.75, 3.05) is 24.8 Å². The monoisotopic (exact) mass is 362 g/mol. The largest absolute Gasteiger partial charge is 0.394 e. The Morgan fingerprint density at radius 2 is 2.11 bits per heavy atom. The maximum absolute atomic E-state index is 12.8. The van der Waals surface area contributed by atoms with Crippen LogP contribution in [0.5, 0.6) is 0 Å². The third kappa shape index (κ3) is 3.39. The molecule has 0 saturated carbocycles. The average molecular weight is 362 g/mol. The molecule has 0 spiro atoms. The van der Waals surface area contributed by atoms with E-state index in [1.807, 2.05) is 59.5 Å². The Bertz CT molecular complexity index is 1040. The molecule has 1 saturated heterocycles. The van der Waals surface area contributed by atoms with Crippen molar-refractivity contribution in [3.8, 4) is 11.3 Å². The van der Waals surface area contributed by atoms with Gasteiger partial charge in [0.05, 0.1) is 6.61 Å². The number of aliphatic hydroxyl groups is 1. The summed E-state index contributed by atoms with van der Waals surface area (Å²) in [5.41, 5.74) is 3.76. The minimum absolute atomic E-state index is 0.00184. The number of H-pyrrole nitrogens is 1. The van der Waals surface area contributed by atoms with Crippen molar-refractivity contribution >= 4 is 16.5 Å².